The fourth-order valence-electron chi connectivity index (χ4n) is 3.57. The number of nitrogens with zero attached hydrogens (tertiary/aromatic N) is 2. The van der Waals surface area contributed by atoms with E-state index >= 15 is 0 Å². The van der Waals surface area contributed by atoms with Crippen LogP contribution in [-0.2, 0) is 22.6 Å². The predicted molar refractivity (Wildman–Crippen MR) is 115 cm³/mol. The van der Waals surface area contributed by atoms with Crippen molar-refractivity contribution >= 4 is 35.0 Å². The molecule has 3 aromatic rings. The molecule has 33 heavy (non-hydrogen) atoms. The van der Waals surface area contributed by atoms with E-state index in [1.807, 2.05) is 0 Å². The van der Waals surface area contributed by atoms with E-state index in [9.17, 15) is 18.4 Å². The van der Waals surface area contributed by atoms with E-state index in [1.54, 1.807) is 17.6 Å². The summed E-state index contributed by atoms with van der Waals surface area (Å²) in [7, 11) is 0. The molecule has 1 aromatic heterocycles. The first-order valence-electron chi connectivity index (χ1n) is 9.77. The van der Waals surface area contributed by atoms with Crippen molar-refractivity contribution < 1.29 is 33.0 Å². The molecule has 0 fully saturated rings. The molecule has 0 saturated carbocycles. The van der Waals surface area contributed by atoms with Crippen molar-refractivity contribution in [3.8, 4) is 5.75 Å². The van der Waals surface area contributed by atoms with E-state index < -0.39 is 43.0 Å². The summed E-state index contributed by atoms with van der Waals surface area (Å²) in [5, 5.41) is 9.38. The minimum Gasteiger partial charge on any atom is -0.482 e. The zero-order chi connectivity index (χ0) is 23.5. The third-order valence-electron chi connectivity index (χ3n) is 5.03. The maximum Gasteiger partial charge on any atom is 0.410 e. The monoisotopic (exact) mass is 494 g/mol. The van der Waals surface area contributed by atoms with Crippen LogP contribution in [-0.4, -0.2) is 40.2 Å². The molecular weight excluding hydrogens is 478 g/mol. The minimum absolute atomic E-state index is 0.0939. The molecule has 172 valence electrons. The number of aliphatic carboxylic acids is 1. The smallest absolute Gasteiger partial charge is 0.410 e. The number of thiazole rings is 1. The van der Waals surface area contributed by atoms with Crippen LogP contribution >= 0.6 is 22.9 Å². The number of ether oxygens (including phenoxy) is 2. The van der Waals surface area contributed by atoms with Crippen LogP contribution in [0.4, 0.5) is 13.6 Å². The van der Waals surface area contributed by atoms with E-state index in [-0.39, 0.29) is 17.9 Å². The van der Waals surface area contributed by atoms with E-state index in [1.165, 1.54) is 22.3 Å². The lowest BCUT2D eigenvalue weighted by Crippen LogP contribution is -2.40. The van der Waals surface area contributed by atoms with E-state index in [2.05, 4.69) is 4.98 Å². The molecule has 0 aliphatic carbocycles. The topological polar surface area (TPSA) is 89.0 Å². The Labute approximate surface area is 196 Å². The highest BCUT2D eigenvalue weighted by Crippen LogP contribution is 2.42. The average molecular weight is 495 g/mol. The van der Waals surface area contributed by atoms with Gasteiger partial charge in [-0.3, -0.25) is 4.90 Å². The molecule has 0 bridgehead atoms. The van der Waals surface area contributed by atoms with Crippen LogP contribution in [0.5, 0.6) is 5.75 Å². The normalized spacial score (nSPS) is 15.1. The zero-order valence-electron chi connectivity index (χ0n) is 17.0. The molecule has 7 nitrogen and oxygen atoms in total. The van der Waals surface area contributed by atoms with Crippen LogP contribution in [0.25, 0.3) is 0 Å². The van der Waals surface area contributed by atoms with Crippen molar-refractivity contribution in [2.24, 2.45) is 0 Å². The Kier molecular flexibility index (Phi) is 6.75. The lowest BCUT2D eigenvalue weighted by molar-refractivity contribution is -0.139. The van der Waals surface area contributed by atoms with Gasteiger partial charge in [-0.05, 0) is 36.4 Å². The number of carbonyl (C=O) groups is 2. The van der Waals surface area contributed by atoms with Gasteiger partial charge in [-0.25, -0.2) is 23.4 Å². The van der Waals surface area contributed by atoms with Gasteiger partial charge in [0.2, 0.25) is 0 Å². The van der Waals surface area contributed by atoms with Crippen molar-refractivity contribution in [2.75, 3.05) is 13.2 Å². The van der Waals surface area contributed by atoms with Gasteiger partial charge in [-0.15, -0.1) is 11.3 Å². The molecule has 4 rings (SSSR count). The summed E-state index contributed by atoms with van der Waals surface area (Å²) in [4.78, 5) is 30.6. The molecule has 2 heterocycles. The van der Waals surface area contributed by atoms with Gasteiger partial charge in [0.1, 0.15) is 30.0 Å². The van der Waals surface area contributed by atoms with Gasteiger partial charge < -0.3 is 14.6 Å². The number of carbonyl (C=O) groups excluding carboxylic acids is 1. The molecule has 1 aliphatic heterocycles. The second-order valence-corrected chi connectivity index (χ2v) is 8.49. The van der Waals surface area contributed by atoms with Crippen molar-refractivity contribution in [2.45, 2.75) is 19.1 Å². The number of hydrogen-bond acceptors (Lipinski definition) is 6. The standard InChI is InChI=1S/C22H17ClF2N2O5S/c23-13-1-4-18(31-10-19(28)29)15(8-13)20-21-17(26-11-33-21)5-6-27(20)22(30)32-9-12-7-14(24)2-3-16(12)25/h1-4,7-8,11,20H,5-6,9-10H2,(H,28,29)/t20-/m1/s1. The molecular formula is C22H17ClF2N2O5S. The number of carboxylic acids is 1. The molecule has 1 atom stereocenters. The van der Waals surface area contributed by atoms with Crippen LogP contribution in [0.3, 0.4) is 0 Å². The molecule has 11 heteroatoms. The van der Waals surface area contributed by atoms with Gasteiger partial charge in [-0.2, -0.15) is 0 Å². The minimum atomic E-state index is -1.16. The average Bonchev–Trinajstić information content (AvgIpc) is 3.26. The van der Waals surface area contributed by atoms with E-state index in [0.29, 0.717) is 17.0 Å². The van der Waals surface area contributed by atoms with Crippen molar-refractivity contribution in [1.82, 2.24) is 9.88 Å². The van der Waals surface area contributed by atoms with Crippen LogP contribution in [0.15, 0.2) is 41.9 Å². The van der Waals surface area contributed by atoms with E-state index in [4.69, 9.17) is 26.2 Å². The highest BCUT2D eigenvalue weighted by molar-refractivity contribution is 7.09. The second-order valence-electron chi connectivity index (χ2n) is 7.16. The number of carboxylic acid groups (broad SMARTS) is 1. The Hall–Kier alpha value is -3.24. The molecule has 1 amide bonds. The first kappa shape index (κ1) is 22.9. The summed E-state index contributed by atoms with van der Waals surface area (Å²) in [5.74, 6) is -2.26. The van der Waals surface area contributed by atoms with E-state index in [0.717, 1.165) is 28.8 Å². The van der Waals surface area contributed by atoms with Crippen molar-refractivity contribution in [1.29, 1.82) is 0 Å². The van der Waals surface area contributed by atoms with Gasteiger partial charge in [-0.1, -0.05) is 11.6 Å². The van der Waals surface area contributed by atoms with Crippen molar-refractivity contribution in [3.05, 3.63) is 80.3 Å². The third kappa shape index (κ3) is 5.07. The van der Waals surface area contributed by atoms with Crippen LogP contribution in [0.2, 0.25) is 5.02 Å². The molecule has 0 unspecified atom stereocenters. The van der Waals surface area contributed by atoms with Crippen molar-refractivity contribution in [3.63, 3.8) is 0 Å². The summed E-state index contributed by atoms with van der Waals surface area (Å²) in [6, 6.07) is 6.86. The van der Waals surface area contributed by atoms with Gasteiger partial charge >= 0.3 is 12.1 Å². The Morgan fingerprint density at radius 2 is 2.06 bits per heavy atom. The Morgan fingerprint density at radius 1 is 1.24 bits per heavy atom. The molecule has 0 spiro atoms. The molecule has 1 aliphatic rings. The quantitative estimate of drug-likeness (QED) is 0.528. The lowest BCUT2D eigenvalue weighted by Gasteiger charge is -2.35. The third-order valence-corrected chi connectivity index (χ3v) is 6.19. The number of hydrogen-bond donors (Lipinski definition) is 1. The highest BCUT2D eigenvalue weighted by Gasteiger charge is 2.37. The van der Waals surface area contributed by atoms with Gasteiger partial charge in [0.15, 0.2) is 6.61 Å². The number of aromatic nitrogens is 1. The number of rotatable bonds is 6. The Balaban J connectivity index is 1.66. The number of fused-ring (bicyclic) bond motifs is 1. The number of halogens is 3. The molecule has 1 N–H and O–H groups in total. The summed E-state index contributed by atoms with van der Waals surface area (Å²) in [6.45, 7) is -0.809. The first-order valence-corrected chi connectivity index (χ1v) is 11.0. The first-order chi connectivity index (χ1) is 15.8. The van der Waals surface area contributed by atoms with Gasteiger partial charge in [0, 0.05) is 29.1 Å². The summed E-state index contributed by atoms with van der Waals surface area (Å²) in [5.41, 5.74) is 2.80. The number of amides is 1. The zero-order valence-corrected chi connectivity index (χ0v) is 18.5. The summed E-state index contributed by atoms with van der Waals surface area (Å²) >= 11 is 7.53. The number of benzene rings is 2. The largest absolute Gasteiger partial charge is 0.482 e. The fourth-order valence-corrected chi connectivity index (χ4v) is 4.72. The molecule has 0 saturated heterocycles. The van der Waals surface area contributed by atoms with Crippen LogP contribution in [0.1, 0.15) is 27.7 Å². The maximum atomic E-state index is 13.9. The highest BCUT2D eigenvalue weighted by atomic mass is 35.5. The van der Waals surface area contributed by atoms with Crippen LogP contribution < -0.4 is 4.74 Å². The van der Waals surface area contributed by atoms with Crippen LogP contribution in [0, 0.1) is 11.6 Å². The SMILES string of the molecule is O=C(O)COc1ccc(Cl)cc1[C@@H]1c2scnc2CCN1C(=O)OCc1cc(F)ccc1F. The Morgan fingerprint density at radius 3 is 2.85 bits per heavy atom. The molecule has 2 aromatic carbocycles. The van der Waals surface area contributed by atoms with Gasteiger partial charge in [0.25, 0.3) is 0 Å². The summed E-state index contributed by atoms with van der Waals surface area (Å²) < 4.78 is 38.2. The second kappa shape index (κ2) is 9.72. The fraction of sp³-hybridized carbons (Fsp3) is 0.227. The lowest BCUT2D eigenvalue weighted by atomic mass is 9.97. The predicted octanol–water partition coefficient (Wildman–Crippen LogP) is 4.82. The summed E-state index contributed by atoms with van der Waals surface area (Å²) in [6.07, 6.45) is -0.295. The van der Waals surface area contributed by atoms with Gasteiger partial charge in [0.05, 0.1) is 16.1 Å². The molecule has 0 radical (unpaired) electrons. The Bertz CT molecular complexity index is 1210. The maximum absolute atomic E-state index is 13.9.